The molecule has 0 N–H and O–H groups in total. The van der Waals surface area contributed by atoms with Crippen LogP contribution in [0.4, 0.5) is 0 Å². The third-order valence-electron chi connectivity index (χ3n) is 13.9. The standard InChI is InChI=1S/C60H68.C4H8.2C2H6.CH4/c1-11-20-41(3)52-39-55-53(40-54(52)59(6,7)8)57-43(5)29-28-42(4)51(38-56(57)60(55,9)10)47-32-36-50(37-33-47)58(48(21-12-2)27-19-24-44-22-15-13-16-23-44)49-34-30-46(31-35-49)45-25-17-14-18-26-45;1-3-4-2;2*1-2;/h12-19,22-23,25-27,30-41,43,48,58H,2,4,11,20-21,24,28-29H2,1,3,5-10H3;3H,1,4H2,2H3;2*1-2H3;1H4/b27-19-,51-38+;;;;. The van der Waals surface area contributed by atoms with Crippen LogP contribution in [-0.2, 0) is 17.3 Å². The molecular formula is C69H92. The van der Waals surface area contributed by atoms with Crippen LogP contribution in [0.1, 0.15) is 192 Å². The van der Waals surface area contributed by atoms with Gasteiger partial charge in [0, 0.05) is 11.3 Å². The number of benzene rings is 5. The van der Waals surface area contributed by atoms with Crippen molar-refractivity contribution in [2.24, 2.45) is 11.8 Å². The van der Waals surface area contributed by atoms with Crippen LogP contribution >= 0.6 is 0 Å². The fraction of sp³-hybridized carbons (Fsp3) is 0.391. The molecule has 5 aromatic carbocycles. The highest BCUT2D eigenvalue weighted by atomic mass is 14.4. The SMILES string of the molecule is C.C=CCC.C=CCC(/C=C\Cc1ccccc1)C(c1ccc(/C2=C/C3=C(c4cc(C(C)(C)C)c(C(C)CCC)cc4C3(C)C)C(C)CCC2=C)cc1)c1ccc(-c2ccccc2)cc1.CC.CC. The van der Waals surface area contributed by atoms with Gasteiger partial charge in [-0.1, -0.05) is 256 Å². The molecule has 0 spiro atoms. The molecule has 4 unspecified atom stereocenters. The third kappa shape index (κ3) is 14.3. The first-order valence-electron chi connectivity index (χ1n) is 26.2. The maximum atomic E-state index is 4.76. The zero-order valence-electron chi connectivity index (χ0n) is 44.8. The fourth-order valence-electron chi connectivity index (χ4n) is 10.2. The molecule has 69 heavy (non-hydrogen) atoms. The number of hydrogen-bond donors (Lipinski definition) is 0. The summed E-state index contributed by atoms with van der Waals surface area (Å²) in [5.41, 5.74) is 19.2. The van der Waals surface area contributed by atoms with Crippen molar-refractivity contribution in [3.63, 3.8) is 0 Å². The second-order valence-corrected chi connectivity index (χ2v) is 20.1. The zero-order chi connectivity index (χ0) is 50.0. The van der Waals surface area contributed by atoms with Crippen LogP contribution in [0.15, 0.2) is 183 Å². The monoisotopic (exact) mass is 921 g/mol. The molecule has 0 bridgehead atoms. The second kappa shape index (κ2) is 27.7. The summed E-state index contributed by atoms with van der Waals surface area (Å²) in [6.45, 7) is 41.8. The van der Waals surface area contributed by atoms with Gasteiger partial charge in [-0.3, -0.25) is 0 Å². The van der Waals surface area contributed by atoms with Gasteiger partial charge in [0.25, 0.3) is 0 Å². The molecule has 5 aromatic rings. The Morgan fingerprint density at radius 3 is 1.80 bits per heavy atom. The second-order valence-electron chi connectivity index (χ2n) is 20.1. The molecule has 0 amide bonds. The highest BCUT2D eigenvalue weighted by Crippen LogP contribution is 2.54. The van der Waals surface area contributed by atoms with Crippen molar-refractivity contribution in [3.8, 4) is 11.1 Å². The first-order valence-corrected chi connectivity index (χ1v) is 26.2. The normalized spacial score (nSPS) is 16.9. The van der Waals surface area contributed by atoms with Crippen LogP contribution in [0.5, 0.6) is 0 Å². The van der Waals surface area contributed by atoms with Gasteiger partial charge in [-0.2, -0.15) is 0 Å². The van der Waals surface area contributed by atoms with Crippen molar-refractivity contribution in [3.05, 3.63) is 227 Å². The average Bonchev–Trinajstić information content (AvgIpc) is 3.57. The molecule has 0 saturated heterocycles. The van der Waals surface area contributed by atoms with Crippen molar-refractivity contribution in [2.75, 3.05) is 0 Å². The molecule has 0 aromatic heterocycles. The molecule has 0 aliphatic heterocycles. The van der Waals surface area contributed by atoms with E-state index >= 15 is 0 Å². The van der Waals surface area contributed by atoms with Crippen LogP contribution in [-0.4, -0.2) is 0 Å². The lowest BCUT2D eigenvalue weighted by atomic mass is 9.74. The molecule has 0 saturated carbocycles. The first kappa shape index (κ1) is 57.9. The first-order chi connectivity index (χ1) is 32.7. The number of fused-ring (bicyclic) bond motifs is 2. The molecule has 0 heteroatoms. The minimum absolute atomic E-state index is 0. The van der Waals surface area contributed by atoms with Crippen LogP contribution in [0, 0.1) is 11.8 Å². The molecule has 2 aliphatic rings. The summed E-state index contributed by atoms with van der Waals surface area (Å²) in [5, 5.41) is 0. The summed E-state index contributed by atoms with van der Waals surface area (Å²) in [6, 6.07) is 45.5. The topological polar surface area (TPSA) is 0 Å². The molecule has 368 valence electrons. The van der Waals surface area contributed by atoms with Gasteiger partial charge in [0.05, 0.1) is 0 Å². The van der Waals surface area contributed by atoms with E-state index in [0.29, 0.717) is 11.8 Å². The van der Waals surface area contributed by atoms with E-state index in [1.807, 2.05) is 33.8 Å². The molecule has 2 aliphatic carbocycles. The van der Waals surface area contributed by atoms with Crippen molar-refractivity contribution in [1.29, 1.82) is 0 Å². The lowest BCUT2D eigenvalue weighted by Gasteiger charge is -2.30. The Hall–Kier alpha value is -5.46. The van der Waals surface area contributed by atoms with Crippen molar-refractivity contribution in [2.45, 2.75) is 165 Å². The third-order valence-corrected chi connectivity index (χ3v) is 13.9. The predicted molar refractivity (Wildman–Crippen MR) is 312 cm³/mol. The number of allylic oxidation sites excluding steroid dienone is 9. The predicted octanol–water partition coefficient (Wildman–Crippen LogP) is 21.1. The lowest BCUT2D eigenvalue weighted by molar-refractivity contribution is 0.560. The van der Waals surface area contributed by atoms with Crippen LogP contribution in [0.2, 0.25) is 0 Å². The van der Waals surface area contributed by atoms with E-state index in [1.54, 1.807) is 5.57 Å². The quantitative estimate of drug-likeness (QED) is 0.0974. The fourth-order valence-corrected chi connectivity index (χ4v) is 10.2. The van der Waals surface area contributed by atoms with Crippen LogP contribution in [0.25, 0.3) is 22.3 Å². The van der Waals surface area contributed by atoms with E-state index in [-0.39, 0.29) is 30.1 Å². The summed E-state index contributed by atoms with van der Waals surface area (Å²) >= 11 is 0. The van der Waals surface area contributed by atoms with Gasteiger partial charge in [-0.15, -0.1) is 13.2 Å². The Bertz CT molecular complexity index is 2440. The average molecular weight is 921 g/mol. The Morgan fingerprint density at radius 1 is 0.739 bits per heavy atom. The van der Waals surface area contributed by atoms with Gasteiger partial charge in [0.15, 0.2) is 0 Å². The summed E-state index contributed by atoms with van der Waals surface area (Å²) in [7, 11) is 0. The van der Waals surface area contributed by atoms with Crippen molar-refractivity contribution < 1.29 is 0 Å². The van der Waals surface area contributed by atoms with E-state index in [4.69, 9.17) is 6.58 Å². The van der Waals surface area contributed by atoms with E-state index in [0.717, 1.165) is 32.1 Å². The minimum atomic E-state index is -0.111. The lowest BCUT2D eigenvalue weighted by Crippen LogP contribution is -2.20. The van der Waals surface area contributed by atoms with Crippen molar-refractivity contribution in [1.82, 2.24) is 0 Å². The van der Waals surface area contributed by atoms with Gasteiger partial charge in [-0.25, -0.2) is 0 Å². The molecule has 4 atom stereocenters. The highest BCUT2D eigenvalue weighted by Gasteiger charge is 2.41. The van der Waals surface area contributed by atoms with Gasteiger partial charge in [-0.05, 0) is 146 Å². The summed E-state index contributed by atoms with van der Waals surface area (Å²) in [5.74, 6) is 1.41. The molecule has 7 rings (SSSR count). The Morgan fingerprint density at radius 2 is 1.28 bits per heavy atom. The van der Waals surface area contributed by atoms with Gasteiger partial charge >= 0.3 is 0 Å². The van der Waals surface area contributed by atoms with E-state index in [2.05, 4.69) is 221 Å². The largest absolute Gasteiger partial charge is 0.103 e. The molecule has 0 radical (unpaired) electrons. The Balaban J connectivity index is 0.00000132. The Kier molecular flexibility index (Phi) is 23.2. The minimum Gasteiger partial charge on any atom is -0.103 e. The van der Waals surface area contributed by atoms with E-state index < -0.39 is 0 Å². The van der Waals surface area contributed by atoms with Gasteiger partial charge < -0.3 is 0 Å². The maximum Gasteiger partial charge on any atom is 0.0155 e. The molecule has 0 heterocycles. The summed E-state index contributed by atoms with van der Waals surface area (Å²) in [6.07, 6.45) is 18.7. The van der Waals surface area contributed by atoms with E-state index in [1.165, 1.54) is 85.2 Å². The maximum absolute atomic E-state index is 4.76. The number of rotatable bonds is 14. The molecule has 0 nitrogen and oxygen atoms in total. The summed E-state index contributed by atoms with van der Waals surface area (Å²) in [4.78, 5) is 0. The Labute approximate surface area is 424 Å². The van der Waals surface area contributed by atoms with Gasteiger partial charge in [0.1, 0.15) is 0 Å². The summed E-state index contributed by atoms with van der Waals surface area (Å²) < 4.78 is 0. The van der Waals surface area contributed by atoms with Crippen LogP contribution < -0.4 is 0 Å². The zero-order valence-corrected chi connectivity index (χ0v) is 44.8. The smallest absolute Gasteiger partial charge is 0.0155 e. The van der Waals surface area contributed by atoms with E-state index in [9.17, 15) is 0 Å². The van der Waals surface area contributed by atoms with Crippen molar-refractivity contribution >= 4 is 11.1 Å². The highest BCUT2D eigenvalue weighted by molar-refractivity contribution is 5.90. The molecule has 0 fully saturated rings. The van der Waals surface area contributed by atoms with Gasteiger partial charge in [0.2, 0.25) is 0 Å². The molecular weight excluding hydrogens is 829 g/mol. The number of hydrogen-bond acceptors (Lipinski definition) is 0. The van der Waals surface area contributed by atoms with Crippen LogP contribution in [0.3, 0.4) is 0 Å².